The molecule has 0 saturated carbocycles. The normalized spacial score (nSPS) is 12.4. The van der Waals surface area contributed by atoms with Gasteiger partial charge in [-0.3, -0.25) is 9.69 Å². The Kier molecular flexibility index (Phi) is 48.6. The van der Waals surface area contributed by atoms with E-state index in [0.717, 1.165) is 44.7 Å². The third kappa shape index (κ3) is 42.1. The van der Waals surface area contributed by atoms with Crippen LogP contribution in [0.2, 0.25) is 0 Å². The summed E-state index contributed by atoms with van der Waals surface area (Å²) in [5.41, 5.74) is 0. The van der Waals surface area contributed by atoms with Crippen molar-refractivity contribution in [1.29, 1.82) is 0 Å². The fourth-order valence-electron chi connectivity index (χ4n) is 9.53. The molecule has 0 saturated heterocycles. The van der Waals surface area contributed by atoms with Crippen LogP contribution in [0.3, 0.4) is 0 Å². The molecule has 0 aliphatic heterocycles. The Labute approximate surface area is 367 Å². The van der Waals surface area contributed by atoms with Gasteiger partial charge < -0.3 is 5.11 Å². The van der Waals surface area contributed by atoms with Gasteiger partial charge in [-0.2, -0.15) is 0 Å². The molecule has 1 unspecified atom stereocenters. The predicted molar refractivity (Wildman–Crippen MR) is 262 cm³/mol. The monoisotopic (exact) mass is 818 g/mol. The van der Waals surface area contributed by atoms with Crippen molar-refractivity contribution in [3.8, 4) is 0 Å². The average molecular weight is 818 g/mol. The minimum atomic E-state index is -0.563. The van der Waals surface area contributed by atoms with Crippen molar-refractivity contribution in [3.05, 3.63) is 0 Å². The molecular formula is C55H111NO2. The maximum atomic E-state index is 12.8. The number of aliphatic carboxylic acids is 1. The molecule has 0 aromatic carbocycles. The van der Waals surface area contributed by atoms with Crippen LogP contribution in [0.15, 0.2) is 0 Å². The summed E-state index contributed by atoms with van der Waals surface area (Å²) in [6.07, 6.45) is 62.4. The Bertz CT molecular complexity index is 721. The molecule has 58 heavy (non-hydrogen) atoms. The summed E-state index contributed by atoms with van der Waals surface area (Å²) in [5.74, 6) is 0.284. The summed E-state index contributed by atoms with van der Waals surface area (Å²) in [6, 6.07) is -0.292. The fourth-order valence-corrected chi connectivity index (χ4v) is 9.53. The third-order valence-electron chi connectivity index (χ3n) is 13.6. The number of carbonyl (C=O) groups is 1. The lowest BCUT2D eigenvalue weighted by atomic mass is 9.89. The molecule has 0 rings (SSSR count). The van der Waals surface area contributed by atoms with Crippen molar-refractivity contribution in [1.82, 2.24) is 4.90 Å². The van der Waals surface area contributed by atoms with E-state index in [1.54, 1.807) is 0 Å². The van der Waals surface area contributed by atoms with Crippen LogP contribution >= 0.6 is 0 Å². The molecule has 3 heteroatoms. The van der Waals surface area contributed by atoms with Crippen LogP contribution in [-0.4, -0.2) is 35.1 Å². The minimum absolute atomic E-state index is 0.292. The number of nitrogens with zero attached hydrogens (tertiary/aromatic N) is 1. The van der Waals surface area contributed by atoms with Gasteiger partial charge in [-0.05, 0) is 38.3 Å². The van der Waals surface area contributed by atoms with Gasteiger partial charge in [0.05, 0.1) is 0 Å². The molecular weight excluding hydrogens is 707 g/mol. The molecule has 0 radical (unpaired) electrons. The van der Waals surface area contributed by atoms with Crippen molar-refractivity contribution in [2.24, 2.45) is 5.92 Å². The van der Waals surface area contributed by atoms with Gasteiger partial charge >= 0.3 is 5.97 Å². The first-order valence-corrected chi connectivity index (χ1v) is 27.6. The Morgan fingerprint density at radius 2 is 0.517 bits per heavy atom. The largest absolute Gasteiger partial charge is 0.480 e. The number of carboxylic acid groups (broad SMARTS) is 1. The summed E-state index contributed by atoms with van der Waals surface area (Å²) in [6.45, 7) is 11.2. The highest BCUT2D eigenvalue weighted by Crippen LogP contribution is 2.26. The van der Waals surface area contributed by atoms with E-state index < -0.39 is 5.97 Å². The first-order chi connectivity index (χ1) is 28.6. The van der Waals surface area contributed by atoms with Crippen LogP contribution in [0, 0.1) is 5.92 Å². The van der Waals surface area contributed by atoms with Crippen LogP contribution in [0.25, 0.3) is 0 Å². The van der Waals surface area contributed by atoms with E-state index >= 15 is 0 Å². The Morgan fingerprint density at radius 3 is 0.776 bits per heavy atom. The van der Waals surface area contributed by atoms with Crippen molar-refractivity contribution >= 4 is 5.97 Å². The van der Waals surface area contributed by atoms with Gasteiger partial charge in [-0.15, -0.1) is 0 Å². The second-order valence-corrected chi connectivity index (χ2v) is 19.3. The summed E-state index contributed by atoms with van der Waals surface area (Å²) in [4.78, 5) is 15.2. The third-order valence-corrected chi connectivity index (χ3v) is 13.6. The highest BCUT2D eigenvalue weighted by Gasteiger charge is 2.24. The number of rotatable bonds is 51. The molecule has 0 fully saturated rings. The summed E-state index contributed by atoms with van der Waals surface area (Å²) < 4.78 is 0. The molecule has 0 aliphatic rings. The van der Waals surface area contributed by atoms with Gasteiger partial charge in [0.15, 0.2) is 0 Å². The zero-order chi connectivity index (χ0) is 42.3. The lowest BCUT2D eigenvalue weighted by molar-refractivity contribution is -0.143. The minimum Gasteiger partial charge on any atom is -0.480 e. The fraction of sp³-hybridized carbons (Fsp3) is 0.982. The number of hydrogen-bond acceptors (Lipinski definition) is 2. The maximum absolute atomic E-state index is 12.8. The van der Waals surface area contributed by atoms with Gasteiger partial charge in [-0.1, -0.05) is 304 Å². The van der Waals surface area contributed by atoms with Crippen LogP contribution < -0.4 is 0 Å². The molecule has 0 aliphatic carbocycles. The zero-order valence-corrected chi connectivity index (χ0v) is 40.9. The lowest BCUT2D eigenvalue weighted by Gasteiger charge is -2.29. The molecule has 1 N–H and O–H groups in total. The SMILES string of the molecule is CCCCCCCCCCCCC(CCCCCCCCCCCC)CCCCC(C(=O)O)N(CCCCCCCCCCCC)CCCCCCCCCCCC. The molecule has 0 aromatic rings. The lowest BCUT2D eigenvalue weighted by Crippen LogP contribution is -2.42. The first kappa shape index (κ1) is 57.4. The molecule has 348 valence electrons. The standard InChI is InChI=1S/C55H111NO2/c1-5-9-13-17-21-25-29-33-37-41-47-53(48-42-38-34-30-26-22-18-14-10-6-2)49-43-44-50-54(55(57)58)56(51-45-39-35-31-27-23-19-15-11-7-3)52-46-40-36-32-28-24-20-16-12-8-4/h53-54H,5-52H2,1-4H3,(H,57,58). The predicted octanol–water partition coefficient (Wildman–Crippen LogP) is 19.4. The van der Waals surface area contributed by atoms with Crippen LogP contribution in [-0.2, 0) is 4.79 Å². The quantitative estimate of drug-likeness (QED) is 0.0622. The molecule has 0 amide bonds. The van der Waals surface area contributed by atoms with E-state index in [4.69, 9.17) is 0 Å². The molecule has 1 atom stereocenters. The average Bonchev–Trinajstić information content (AvgIpc) is 3.22. The van der Waals surface area contributed by atoms with Gasteiger partial charge in [0, 0.05) is 0 Å². The van der Waals surface area contributed by atoms with Crippen molar-refractivity contribution < 1.29 is 9.90 Å². The maximum Gasteiger partial charge on any atom is 0.320 e. The molecule has 0 aromatic heterocycles. The Morgan fingerprint density at radius 1 is 0.310 bits per heavy atom. The number of unbranched alkanes of at least 4 members (excludes halogenated alkanes) is 37. The van der Waals surface area contributed by atoms with Gasteiger partial charge in [0.25, 0.3) is 0 Å². The summed E-state index contributed by atoms with van der Waals surface area (Å²) in [7, 11) is 0. The smallest absolute Gasteiger partial charge is 0.320 e. The zero-order valence-electron chi connectivity index (χ0n) is 40.9. The van der Waals surface area contributed by atoms with E-state index in [0.29, 0.717) is 0 Å². The topological polar surface area (TPSA) is 40.5 Å². The van der Waals surface area contributed by atoms with Crippen LogP contribution in [0.4, 0.5) is 0 Å². The molecule has 3 nitrogen and oxygen atoms in total. The van der Waals surface area contributed by atoms with Crippen molar-refractivity contribution in [3.63, 3.8) is 0 Å². The van der Waals surface area contributed by atoms with E-state index in [9.17, 15) is 9.90 Å². The number of hydrogen-bond donors (Lipinski definition) is 1. The van der Waals surface area contributed by atoms with Gasteiger partial charge in [0.2, 0.25) is 0 Å². The second-order valence-electron chi connectivity index (χ2n) is 19.3. The Hall–Kier alpha value is -0.570. The summed E-state index contributed by atoms with van der Waals surface area (Å²) >= 11 is 0. The van der Waals surface area contributed by atoms with Crippen molar-refractivity contribution in [2.75, 3.05) is 13.1 Å². The second kappa shape index (κ2) is 49.1. The highest BCUT2D eigenvalue weighted by molar-refractivity contribution is 5.73. The first-order valence-electron chi connectivity index (χ1n) is 27.6. The van der Waals surface area contributed by atoms with Crippen LogP contribution in [0.5, 0.6) is 0 Å². The van der Waals surface area contributed by atoms with E-state index in [2.05, 4.69) is 32.6 Å². The molecule has 0 heterocycles. The van der Waals surface area contributed by atoms with Crippen LogP contribution in [0.1, 0.15) is 323 Å². The molecule has 0 spiro atoms. The van der Waals surface area contributed by atoms with E-state index in [1.165, 1.54) is 270 Å². The Balaban J connectivity index is 4.92. The number of carboxylic acids is 1. The van der Waals surface area contributed by atoms with Crippen molar-refractivity contribution in [2.45, 2.75) is 329 Å². The van der Waals surface area contributed by atoms with E-state index in [1.807, 2.05) is 0 Å². The highest BCUT2D eigenvalue weighted by atomic mass is 16.4. The van der Waals surface area contributed by atoms with E-state index in [-0.39, 0.29) is 6.04 Å². The van der Waals surface area contributed by atoms with Gasteiger partial charge in [0.1, 0.15) is 6.04 Å². The van der Waals surface area contributed by atoms with Gasteiger partial charge in [-0.25, -0.2) is 0 Å². The summed E-state index contributed by atoms with van der Waals surface area (Å²) in [5, 5.41) is 10.6. The molecule has 0 bridgehead atoms.